The summed E-state index contributed by atoms with van der Waals surface area (Å²) in [7, 11) is 0. The normalized spacial score (nSPS) is 21.2. The Balaban J connectivity index is 2.80. The van der Waals surface area contributed by atoms with Crippen LogP contribution in [0.5, 0.6) is 0 Å². The van der Waals surface area contributed by atoms with Gasteiger partial charge in [-0.3, -0.25) is 0 Å². The third kappa shape index (κ3) is 1.93. The quantitative estimate of drug-likeness (QED) is 0.518. The number of rotatable bonds is 2. The molecule has 1 unspecified atom stereocenters. The molecule has 0 fully saturated rings. The first kappa shape index (κ1) is 10.3. The van der Waals surface area contributed by atoms with Crippen LogP contribution in [0, 0.1) is 5.21 Å². The second kappa shape index (κ2) is 3.95. The zero-order chi connectivity index (χ0) is 9.90. The summed E-state index contributed by atoms with van der Waals surface area (Å²) in [4.78, 5) is 10.9. The maximum Gasteiger partial charge on any atom is 0.440 e. The molecule has 0 saturated heterocycles. The van der Waals surface area contributed by atoms with Gasteiger partial charge in [0.25, 0.3) is 0 Å². The van der Waals surface area contributed by atoms with E-state index in [0.29, 0.717) is 5.88 Å². The maximum absolute atomic E-state index is 11.8. The van der Waals surface area contributed by atoms with Gasteiger partial charge in [0.15, 0.2) is 0 Å². The fourth-order valence-electron chi connectivity index (χ4n) is 0.958. The second-order valence-electron chi connectivity index (χ2n) is 2.53. The van der Waals surface area contributed by atoms with Crippen molar-refractivity contribution >= 4 is 24.0 Å². The average Bonchev–Trinajstić information content (AvgIpc) is 2.17. The summed E-state index contributed by atoms with van der Waals surface area (Å²) >= 11 is 1.52. The Kier molecular flexibility index (Phi) is 3.12. The summed E-state index contributed by atoms with van der Waals surface area (Å²) in [6, 6.07) is -0.929. The van der Waals surface area contributed by atoms with E-state index < -0.39 is 10.8 Å². The van der Waals surface area contributed by atoms with E-state index in [1.54, 1.807) is 13.1 Å². The SMILES string of the molecule is CC[N+]([O-])(C(N)=O)N1CSCC=N1. The standard InChI is InChI=1S/C6H12N4O2S/c1-2-10(12,6(7)11)9-5-13-4-3-8-9/h3H,2,4-5H2,1H3,(H2,7,11). The largest absolute Gasteiger partial charge is 0.596 e. The second-order valence-corrected chi connectivity index (χ2v) is 3.53. The van der Waals surface area contributed by atoms with Crippen LogP contribution in [-0.2, 0) is 0 Å². The van der Waals surface area contributed by atoms with E-state index in [0.717, 1.165) is 10.9 Å². The van der Waals surface area contributed by atoms with Crippen molar-refractivity contribution in [1.29, 1.82) is 0 Å². The lowest BCUT2D eigenvalue weighted by Gasteiger charge is -2.42. The zero-order valence-corrected chi connectivity index (χ0v) is 8.16. The number of quaternary nitrogens is 1. The van der Waals surface area contributed by atoms with Crippen molar-refractivity contribution in [3.63, 3.8) is 0 Å². The number of hydrazone groups is 1. The maximum atomic E-state index is 11.8. The van der Waals surface area contributed by atoms with Crippen molar-refractivity contribution in [2.45, 2.75) is 6.92 Å². The number of hydrogen-bond acceptors (Lipinski definition) is 5. The highest BCUT2D eigenvalue weighted by Gasteiger charge is 2.31. The van der Waals surface area contributed by atoms with Gasteiger partial charge in [-0.25, -0.2) is 4.79 Å². The van der Waals surface area contributed by atoms with Gasteiger partial charge in [0.2, 0.25) is 0 Å². The molecule has 2 amide bonds. The van der Waals surface area contributed by atoms with Crippen LogP contribution in [0.1, 0.15) is 6.92 Å². The summed E-state index contributed by atoms with van der Waals surface area (Å²) in [5, 5.41) is 16.8. The molecule has 0 radical (unpaired) electrons. The number of primary amides is 1. The Morgan fingerprint density at radius 2 is 2.62 bits per heavy atom. The van der Waals surface area contributed by atoms with Gasteiger partial charge in [0.05, 0.1) is 0 Å². The van der Waals surface area contributed by atoms with Gasteiger partial charge >= 0.3 is 6.03 Å². The van der Waals surface area contributed by atoms with E-state index in [2.05, 4.69) is 5.10 Å². The Bertz CT molecular complexity index is 235. The summed E-state index contributed by atoms with van der Waals surface area (Å²) < 4.78 is -1.20. The molecule has 0 spiro atoms. The summed E-state index contributed by atoms with van der Waals surface area (Å²) in [6.45, 7) is 1.67. The number of urea groups is 1. The van der Waals surface area contributed by atoms with Crippen LogP contribution in [0.25, 0.3) is 0 Å². The molecule has 1 aliphatic heterocycles. The minimum atomic E-state index is -1.20. The van der Waals surface area contributed by atoms with E-state index in [1.165, 1.54) is 11.8 Å². The van der Waals surface area contributed by atoms with Gasteiger partial charge < -0.3 is 10.9 Å². The lowest BCUT2D eigenvalue weighted by atomic mass is 10.7. The van der Waals surface area contributed by atoms with E-state index in [1.807, 2.05) is 0 Å². The smallest absolute Gasteiger partial charge is 0.440 e. The number of carbonyl (C=O) groups is 1. The third-order valence-corrected chi connectivity index (χ3v) is 2.56. The molecule has 1 heterocycles. The molecule has 0 aromatic carbocycles. The van der Waals surface area contributed by atoms with E-state index in [9.17, 15) is 10.0 Å². The number of nitrogens with two attached hydrogens (primary N) is 1. The summed E-state index contributed by atoms with van der Waals surface area (Å²) in [5.74, 6) is 1.16. The molecule has 2 N–H and O–H groups in total. The van der Waals surface area contributed by atoms with Gasteiger partial charge in [0.1, 0.15) is 12.4 Å². The molecule has 74 valence electrons. The highest BCUT2D eigenvalue weighted by Crippen LogP contribution is 2.17. The number of thioether (sulfide) groups is 1. The van der Waals surface area contributed by atoms with Crippen molar-refractivity contribution in [3.05, 3.63) is 5.21 Å². The minimum Gasteiger partial charge on any atom is -0.596 e. The van der Waals surface area contributed by atoms with Crippen LogP contribution >= 0.6 is 11.8 Å². The Morgan fingerprint density at radius 1 is 1.92 bits per heavy atom. The van der Waals surface area contributed by atoms with Crippen molar-refractivity contribution < 1.29 is 9.55 Å². The van der Waals surface area contributed by atoms with Crippen LogP contribution < -0.4 is 5.73 Å². The first-order valence-electron chi connectivity index (χ1n) is 3.88. The van der Waals surface area contributed by atoms with Crippen LogP contribution in [0.15, 0.2) is 5.10 Å². The lowest BCUT2D eigenvalue weighted by molar-refractivity contribution is -0.920. The average molecular weight is 204 g/mol. The summed E-state index contributed by atoms with van der Waals surface area (Å²) in [5.41, 5.74) is 5.01. The molecule has 0 aromatic heterocycles. The first-order chi connectivity index (χ1) is 6.11. The Morgan fingerprint density at radius 3 is 3.00 bits per heavy atom. The molecule has 7 heteroatoms. The third-order valence-electron chi connectivity index (χ3n) is 1.76. The van der Waals surface area contributed by atoms with Crippen molar-refractivity contribution in [2.24, 2.45) is 10.8 Å². The van der Waals surface area contributed by atoms with Crippen LogP contribution in [0.4, 0.5) is 4.79 Å². The molecule has 0 aromatic rings. The van der Waals surface area contributed by atoms with Gasteiger partial charge in [-0.2, -0.15) is 4.76 Å². The molecule has 1 atom stereocenters. The predicted molar refractivity (Wildman–Crippen MR) is 51.4 cm³/mol. The van der Waals surface area contributed by atoms with Gasteiger partial charge in [-0.15, -0.1) is 22.0 Å². The highest BCUT2D eigenvalue weighted by molar-refractivity contribution is 7.99. The van der Waals surface area contributed by atoms with E-state index >= 15 is 0 Å². The first-order valence-corrected chi connectivity index (χ1v) is 5.04. The van der Waals surface area contributed by atoms with Crippen molar-refractivity contribution in [1.82, 2.24) is 5.12 Å². The lowest BCUT2D eigenvalue weighted by Crippen LogP contribution is -2.60. The molecule has 1 rings (SSSR count). The monoisotopic (exact) mass is 204 g/mol. The molecule has 0 bridgehead atoms. The van der Waals surface area contributed by atoms with Crippen LogP contribution in [-0.4, -0.2) is 40.3 Å². The van der Waals surface area contributed by atoms with Gasteiger partial charge in [0, 0.05) is 12.0 Å². The Hall–Kier alpha value is -0.790. The molecule has 6 nitrogen and oxygen atoms in total. The van der Waals surface area contributed by atoms with Crippen molar-refractivity contribution in [2.75, 3.05) is 18.2 Å². The zero-order valence-electron chi connectivity index (χ0n) is 7.34. The van der Waals surface area contributed by atoms with Gasteiger partial charge in [-0.05, 0) is 6.92 Å². The Labute approximate surface area is 80.5 Å². The predicted octanol–water partition coefficient (Wildman–Crippen LogP) is 0.307. The van der Waals surface area contributed by atoms with Crippen LogP contribution in [0.3, 0.4) is 0 Å². The number of amides is 2. The molecular weight excluding hydrogens is 192 g/mol. The molecule has 0 aliphatic carbocycles. The summed E-state index contributed by atoms with van der Waals surface area (Å²) in [6.07, 6.45) is 1.59. The highest BCUT2D eigenvalue weighted by atomic mass is 32.2. The number of carbonyl (C=O) groups excluding carboxylic acids is 1. The molecule has 13 heavy (non-hydrogen) atoms. The van der Waals surface area contributed by atoms with E-state index in [4.69, 9.17) is 5.73 Å². The number of hydrogen-bond donors (Lipinski definition) is 1. The fraction of sp³-hybridized carbons (Fsp3) is 0.667. The van der Waals surface area contributed by atoms with Crippen LogP contribution in [0.2, 0.25) is 0 Å². The molecule has 1 aliphatic rings. The molecule has 0 saturated carbocycles. The topological polar surface area (TPSA) is 81.8 Å². The molecular formula is C6H12N4O2S. The minimum absolute atomic E-state index is 0.0627. The number of hydroxylamine groups is 2. The van der Waals surface area contributed by atoms with Crippen molar-refractivity contribution in [3.8, 4) is 0 Å². The van der Waals surface area contributed by atoms with Gasteiger partial charge in [-0.1, -0.05) is 0 Å². The number of nitrogens with zero attached hydrogens (tertiary/aromatic N) is 3. The van der Waals surface area contributed by atoms with E-state index in [-0.39, 0.29) is 6.54 Å². The fourth-order valence-corrected chi connectivity index (χ4v) is 1.65.